The predicted octanol–water partition coefficient (Wildman–Crippen LogP) is 5.16. The van der Waals surface area contributed by atoms with E-state index < -0.39 is 10.0 Å². The predicted molar refractivity (Wildman–Crippen MR) is 138 cm³/mol. The van der Waals surface area contributed by atoms with E-state index in [1.807, 2.05) is 12.1 Å². The lowest BCUT2D eigenvalue weighted by Gasteiger charge is -2.28. The van der Waals surface area contributed by atoms with E-state index in [9.17, 15) is 13.5 Å². The van der Waals surface area contributed by atoms with Gasteiger partial charge in [0, 0.05) is 6.04 Å². The molecule has 1 aliphatic rings. The Morgan fingerprint density at radius 3 is 2.35 bits per heavy atom. The van der Waals surface area contributed by atoms with E-state index in [-0.39, 0.29) is 22.4 Å². The Bertz CT molecular complexity index is 1290. The second kappa shape index (κ2) is 10.2. The molecule has 180 valence electrons. The third kappa shape index (κ3) is 5.19. The number of rotatable bonds is 7. The van der Waals surface area contributed by atoms with Crippen LogP contribution >= 0.6 is 31.9 Å². The summed E-state index contributed by atoms with van der Waals surface area (Å²) in [7, 11) is -0.765. The normalized spacial score (nSPS) is 15.5. The SMILES string of the molecule is COc1ccc(S(=O)(=O)Nc2cc3c(cc2O)CCNC3Cc2cc(Br)c(OC)c(Br)c2)cc1. The van der Waals surface area contributed by atoms with Crippen molar-refractivity contribution in [2.75, 3.05) is 25.5 Å². The number of methoxy groups -OCH3 is 2. The molecule has 1 aliphatic heterocycles. The molecule has 34 heavy (non-hydrogen) atoms. The molecule has 0 saturated heterocycles. The molecule has 0 spiro atoms. The van der Waals surface area contributed by atoms with E-state index in [1.54, 1.807) is 31.4 Å². The molecule has 0 bridgehead atoms. The standard InChI is InChI=1S/C24H24Br2N2O5S/c1-32-16-3-5-17(6-4-16)34(30,31)28-22-13-18-15(12-23(22)29)7-8-27-21(18)11-14-9-19(25)24(33-2)20(26)10-14/h3-6,9-10,12-13,21,27-29H,7-8,11H2,1-2H3. The molecule has 3 aromatic rings. The zero-order chi connectivity index (χ0) is 24.5. The second-order valence-electron chi connectivity index (χ2n) is 7.90. The maximum absolute atomic E-state index is 12.9. The van der Waals surface area contributed by atoms with E-state index in [1.165, 1.54) is 19.2 Å². The van der Waals surface area contributed by atoms with E-state index in [4.69, 9.17) is 9.47 Å². The van der Waals surface area contributed by atoms with Crippen LogP contribution in [-0.2, 0) is 22.9 Å². The van der Waals surface area contributed by atoms with Crippen LogP contribution in [0, 0.1) is 0 Å². The van der Waals surface area contributed by atoms with Crippen molar-refractivity contribution in [3.05, 3.63) is 74.2 Å². The highest BCUT2D eigenvalue weighted by Gasteiger charge is 2.25. The highest BCUT2D eigenvalue weighted by Crippen LogP contribution is 2.38. The van der Waals surface area contributed by atoms with Gasteiger partial charge >= 0.3 is 0 Å². The summed E-state index contributed by atoms with van der Waals surface area (Å²) in [6.45, 7) is 0.756. The van der Waals surface area contributed by atoms with Crippen LogP contribution in [0.1, 0.15) is 22.7 Å². The highest BCUT2D eigenvalue weighted by atomic mass is 79.9. The minimum absolute atomic E-state index is 0.0548. The van der Waals surface area contributed by atoms with Crippen LogP contribution in [-0.4, -0.2) is 34.3 Å². The number of hydrogen-bond donors (Lipinski definition) is 3. The number of fused-ring (bicyclic) bond motifs is 1. The Kier molecular flexibility index (Phi) is 7.42. The molecule has 0 saturated carbocycles. The smallest absolute Gasteiger partial charge is 0.262 e. The van der Waals surface area contributed by atoms with Gasteiger partial charge in [0.1, 0.15) is 17.2 Å². The zero-order valence-electron chi connectivity index (χ0n) is 18.6. The van der Waals surface area contributed by atoms with Gasteiger partial charge in [0.05, 0.1) is 33.7 Å². The van der Waals surface area contributed by atoms with Crippen molar-refractivity contribution < 1.29 is 23.0 Å². The first-order chi connectivity index (χ1) is 16.2. The number of aromatic hydroxyl groups is 1. The molecule has 0 aromatic heterocycles. The van der Waals surface area contributed by atoms with Gasteiger partial charge in [-0.25, -0.2) is 8.42 Å². The number of anilines is 1. The summed E-state index contributed by atoms with van der Waals surface area (Å²) >= 11 is 7.09. The van der Waals surface area contributed by atoms with Crippen molar-refractivity contribution >= 4 is 47.6 Å². The monoisotopic (exact) mass is 610 g/mol. The summed E-state index contributed by atoms with van der Waals surface area (Å²) in [4.78, 5) is 0.0769. The molecule has 1 heterocycles. The van der Waals surface area contributed by atoms with Crippen molar-refractivity contribution in [2.24, 2.45) is 0 Å². The van der Waals surface area contributed by atoms with Crippen molar-refractivity contribution in [1.29, 1.82) is 0 Å². The Labute approximate surface area is 215 Å². The number of ether oxygens (including phenoxy) is 2. The molecule has 0 aliphatic carbocycles. The van der Waals surface area contributed by atoms with Crippen molar-refractivity contribution in [3.8, 4) is 17.2 Å². The summed E-state index contributed by atoms with van der Waals surface area (Å²) in [6, 6.07) is 13.4. The van der Waals surface area contributed by atoms with Crippen LogP contribution in [0.4, 0.5) is 5.69 Å². The lowest BCUT2D eigenvalue weighted by Crippen LogP contribution is -2.31. The Balaban J connectivity index is 1.64. The molecule has 0 fully saturated rings. The van der Waals surface area contributed by atoms with Gasteiger partial charge in [0.15, 0.2) is 0 Å². The van der Waals surface area contributed by atoms with Gasteiger partial charge in [0.25, 0.3) is 10.0 Å². The number of phenolic OH excluding ortho intramolecular Hbond substituents is 1. The minimum Gasteiger partial charge on any atom is -0.506 e. The first kappa shape index (κ1) is 24.8. The topological polar surface area (TPSA) is 96.9 Å². The van der Waals surface area contributed by atoms with Crippen LogP contribution in [0.25, 0.3) is 0 Å². The lowest BCUT2D eigenvalue weighted by molar-refractivity contribution is 0.409. The molecule has 7 nitrogen and oxygen atoms in total. The molecule has 1 atom stereocenters. The fourth-order valence-corrected chi connectivity index (χ4v) is 6.73. The Hall–Kier alpha value is -2.27. The van der Waals surface area contributed by atoms with E-state index in [2.05, 4.69) is 41.9 Å². The average molecular weight is 612 g/mol. The Morgan fingerprint density at radius 1 is 1.06 bits per heavy atom. The van der Waals surface area contributed by atoms with Crippen LogP contribution in [0.15, 0.2) is 62.4 Å². The number of halogens is 2. The fraction of sp³-hybridized carbons (Fsp3) is 0.250. The summed E-state index contributed by atoms with van der Waals surface area (Å²) in [6.07, 6.45) is 1.41. The molecule has 10 heteroatoms. The van der Waals surface area contributed by atoms with Crippen LogP contribution in [0.5, 0.6) is 17.2 Å². The summed E-state index contributed by atoms with van der Waals surface area (Å²) in [5.74, 6) is 1.17. The first-order valence-electron chi connectivity index (χ1n) is 10.5. The number of benzene rings is 3. The number of sulfonamides is 1. The molecular weight excluding hydrogens is 588 g/mol. The van der Waals surface area contributed by atoms with Gasteiger partial charge in [-0.05, 0) is 116 Å². The minimum atomic E-state index is -3.89. The van der Waals surface area contributed by atoms with E-state index in [0.717, 1.165) is 44.4 Å². The zero-order valence-corrected chi connectivity index (χ0v) is 22.6. The largest absolute Gasteiger partial charge is 0.506 e. The summed E-state index contributed by atoms with van der Waals surface area (Å²) < 4.78 is 40.6. The van der Waals surface area contributed by atoms with Crippen molar-refractivity contribution in [1.82, 2.24) is 5.32 Å². The fourth-order valence-electron chi connectivity index (χ4n) is 4.06. The molecule has 4 rings (SSSR count). The van der Waals surface area contributed by atoms with Gasteiger partial charge in [0.2, 0.25) is 0 Å². The number of phenols is 1. The van der Waals surface area contributed by atoms with Gasteiger partial charge < -0.3 is 19.9 Å². The molecular formula is C24H24Br2N2O5S. The van der Waals surface area contributed by atoms with Gasteiger partial charge in [-0.3, -0.25) is 4.72 Å². The molecule has 3 aromatic carbocycles. The van der Waals surface area contributed by atoms with Crippen molar-refractivity contribution in [2.45, 2.75) is 23.8 Å². The van der Waals surface area contributed by atoms with E-state index >= 15 is 0 Å². The third-order valence-electron chi connectivity index (χ3n) is 5.73. The van der Waals surface area contributed by atoms with Gasteiger partial charge in [-0.1, -0.05) is 0 Å². The molecule has 0 radical (unpaired) electrons. The van der Waals surface area contributed by atoms with Crippen LogP contribution < -0.4 is 19.5 Å². The van der Waals surface area contributed by atoms with Gasteiger partial charge in [-0.15, -0.1) is 0 Å². The molecule has 1 unspecified atom stereocenters. The second-order valence-corrected chi connectivity index (χ2v) is 11.3. The quantitative estimate of drug-likeness (QED) is 0.319. The molecule has 3 N–H and O–H groups in total. The third-order valence-corrected chi connectivity index (χ3v) is 8.29. The van der Waals surface area contributed by atoms with Crippen LogP contribution in [0.3, 0.4) is 0 Å². The lowest BCUT2D eigenvalue weighted by atomic mass is 9.89. The Morgan fingerprint density at radius 2 is 1.74 bits per heavy atom. The number of nitrogens with one attached hydrogen (secondary N) is 2. The van der Waals surface area contributed by atoms with E-state index in [0.29, 0.717) is 12.2 Å². The summed E-state index contributed by atoms with van der Waals surface area (Å²) in [5.41, 5.74) is 3.14. The summed E-state index contributed by atoms with van der Waals surface area (Å²) in [5, 5.41) is 14.1. The number of hydrogen-bond acceptors (Lipinski definition) is 6. The van der Waals surface area contributed by atoms with Crippen LogP contribution in [0.2, 0.25) is 0 Å². The average Bonchev–Trinajstić information content (AvgIpc) is 2.80. The molecule has 0 amide bonds. The van der Waals surface area contributed by atoms with Crippen molar-refractivity contribution in [3.63, 3.8) is 0 Å². The highest BCUT2D eigenvalue weighted by molar-refractivity contribution is 9.11. The first-order valence-corrected chi connectivity index (χ1v) is 13.6. The maximum atomic E-state index is 12.9. The maximum Gasteiger partial charge on any atom is 0.262 e. The van der Waals surface area contributed by atoms with Gasteiger partial charge in [-0.2, -0.15) is 0 Å².